The van der Waals surface area contributed by atoms with Crippen LogP contribution in [-0.2, 0) is 0 Å². The van der Waals surface area contributed by atoms with Crippen LogP contribution in [0.2, 0.25) is 0 Å². The van der Waals surface area contributed by atoms with Gasteiger partial charge in [0.2, 0.25) is 0 Å². The molecule has 0 saturated heterocycles. The number of aliphatic hydroxyl groups excluding tert-OH is 1. The fourth-order valence-corrected chi connectivity index (χ4v) is 4.08. The third-order valence-electron chi connectivity index (χ3n) is 5.47. The van der Waals surface area contributed by atoms with Crippen molar-refractivity contribution in [2.75, 3.05) is 11.9 Å². The highest BCUT2D eigenvalue weighted by molar-refractivity contribution is 5.46. The summed E-state index contributed by atoms with van der Waals surface area (Å²) in [6.45, 7) is 0.125. The Bertz CT molecular complexity index is 458. The van der Waals surface area contributed by atoms with Crippen LogP contribution >= 0.6 is 0 Å². The summed E-state index contributed by atoms with van der Waals surface area (Å²) in [6.07, 6.45) is 9.79. The molecule has 0 amide bonds. The van der Waals surface area contributed by atoms with Crippen LogP contribution in [0.1, 0.15) is 51.4 Å². The van der Waals surface area contributed by atoms with Gasteiger partial charge in [-0.05, 0) is 62.1 Å². The van der Waals surface area contributed by atoms with Crippen LogP contribution in [0, 0.1) is 11.2 Å². The summed E-state index contributed by atoms with van der Waals surface area (Å²) in [7, 11) is 0. The Morgan fingerprint density at radius 1 is 1.05 bits per heavy atom. The summed E-state index contributed by atoms with van der Waals surface area (Å²) >= 11 is 0. The molecule has 1 spiro atoms. The van der Waals surface area contributed by atoms with Crippen LogP contribution in [0.5, 0.6) is 0 Å². The second-order valence-electron chi connectivity index (χ2n) is 6.78. The summed E-state index contributed by atoms with van der Waals surface area (Å²) in [6, 6.07) is 6.55. The first-order chi connectivity index (χ1) is 9.65. The fraction of sp³-hybridized carbons (Fsp3) is 0.647. The molecule has 20 heavy (non-hydrogen) atoms. The van der Waals surface area contributed by atoms with Gasteiger partial charge in [0.1, 0.15) is 5.82 Å². The minimum absolute atomic E-state index is 0.125. The van der Waals surface area contributed by atoms with E-state index in [-0.39, 0.29) is 18.0 Å². The highest BCUT2D eigenvalue weighted by atomic mass is 19.1. The fourth-order valence-electron chi connectivity index (χ4n) is 4.08. The molecule has 0 radical (unpaired) electrons. The summed E-state index contributed by atoms with van der Waals surface area (Å²) in [5.41, 5.74) is 1.06. The molecule has 110 valence electrons. The second-order valence-corrected chi connectivity index (χ2v) is 6.78. The Hall–Kier alpha value is -1.09. The van der Waals surface area contributed by atoms with Gasteiger partial charge in [-0.25, -0.2) is 4.39 Å². The van der Waals surface area contributed by atoms with Crippen molar-refractivity contribution in [1.29, 1.82) is 0 Å². The van der Waals surface area contributed by atoms with Gasteiger partial charge >= 0.3 is 0 Å². The molecular weight excluding hydrogens is 253 g/mol. The molecule has 1 aromatic rings. The number of nitrogens with one attached hydrogen (secondary N) is 1. The van der Waals surface area contributed by atoms with Gasteiger partial charge in [-0.3, -0.25) is 0 Å². The predicted molar refractivity (Wildman–Crippen MR) is 79.2 cm³/mol. The van der Waals surface area contributed by atoms with E-state index in [9.17, 15) is 9.50 Å². The molecule has 2 saturated carbocycles. The minimum atomic E-state index is -0.262. The van der Waals surface area contributed by atoms with Gasteiger partial charge in [-0.1, -0.05) is 18.9 Å². The van der Waals surface area contributed by atoms with Crippen LogP contribution in [0.3, 0.4) is 0 Å². The molecule has 0 unspecified atom stereocenters. The molecule has 2 N–H and O–H groups in total. The van der Waals surface area contributed by atoms with E-state index in [2.05, 4.69) is 5.32 Å². The molecule has 0 aliphatic heterocycles. The molecule has 0 bridgehead atoms. The molecule has 2 aliphatic carbocycles. The average molecular weight is 277 g/mol. The highest BCUT2D eigenvalue weighted by Gasteiger charge is 2.43. The number of hydrogen-bond donors (Lipinski definition) is 2. The maximum atomic E-state index is 13.3. The zero-order valence-corrected chi connectivity index (χ0v) is 12.0. The Labute approximate surface area is 120 Å². The standard InChI is InChI=1S/C17H24FNO/c18-14-4-3-5-15(12-14)19-17(13-20)10-8-16(9-11-17)6-1-2-7-16/h3-5,12,19-20H,1-2,6-11,13H2. The van der Waals surface area contributed by atoms with E-state index >= 15 is 0 Å². The van der Waals surface area contributed by atoms with Crippen molar-refractivity contribution < 1.29 is 9.50 Å². The minimum Gasteiger partial charge on any atom is -0.394 e. The van der Waals surface area contributed by atoms with Crippen LogP contribution in [0.4, 0.5) is 10.1 Å². The lowest BCUT2D eigenvalue weighted by Gasteiger charge is -2.45. The normalized spacial score (nSPS) is 23.9. The van der Waals surface area contributed by atoms with Crippen LogP contribution in [0.25, 0.3) is 0 Å². The molecule has 2 fully saturated rings. The van der Waals surface area contributed by atoms with Gasteiger partial charge in [0.25, 0.3) is 0 Å². The van der Waals surface area contributed by atoms with E-state index in [0.29, 0.717) is 5.41 Å². The van der Waals surface area contributed by atoms with Crippen LogP contribution in [-0.4, -0.2) is 17.3 Å². The van der Waals surface area contributed by atoms with Crippen LogP contribution in [0.15, 0.2) is 24.3 Å². The lowest BCUT2D eigenvalue weighted by Crippen LogP contribution is -2.47. The van der Waals surface area contributed by atoms with Gasteiger partial charge < -0.3 is 10.4 Å². The molecule has 3 heteroatoms. The topological polar surface area (TPSA) is 32.3 Å². The number of benzene rings is 1. The van der Waals surface area contributed by atoms with E-state index in [1.165, 1.54) is 50.7 Å². The average Bonchev–Trinajstić information content (AvgIpc) is 2.91. The van der Waals surface area contributed by atoms with Crippen molar-refractivity contribution in [2.45, 2.75) is 56.9 Å². The number of rotatable bonds is 3. The molecule has 0 heterocycles. The van der Waals surface area contributed by atoms with Crippen molar-refractivity contribution in [2.24, 2.45) is 5.41 Å². The van der Waals surface area contributed by atoms with Crippen molar-refractivity contribution >= 4 is 5.69 Å². The first kappa shape index (κ1) is 13.9. The van der Waals surface area contributed by atoms with Crippen molar-refractivity contribution in [3.05, 3.63) is 30.1 Å². The Balaban J connectivity index is 1.70. The van der Waals surface area contributed by atoms with Crippen molar-refractivity contribution in [1.82, 2.24) is 0 Å². The summed E-state index contributed by atoms with van der Waals surface area (Å²) < 4.78 is 13.3. The largest absolute Gasteiger partial charge is 0.394 e. The smallest absolute Gasteiger partial charge is 0.125 e. The Morgan fingerprint density at radius 3 is 2.35 bits per heavy atom. The van der Waals surface area contributed by atoms with Crippen molar-refractivity contribution in [3.8, 4) is 0 Å². The number of hydrogen-bond acceptors (Lipinski definition) is 2. The van der Waals surface area contributed by atoms with Crippen molar-refractivity contribution in [3.63, 3.8) is 0 Å². The molecule has 0 aromatic heterocycles. The van der Waals surface area contributed by atoms with E-state index in [0.717, 1.165) is 18.5 Å². The lowest BCUT2D eigenvalue weighted by atomic mass is 9.66. The monoisotopic (exact) mass is 277 g/mol. The maximum absolute atomic E-state index is 13.3. The molecule has 3 rings (SSSR count). The van der Waals surface area contributed by atoms with Gasteiger partial charge in [0.05, 0.1) is 12.1 Å². The number of halogens is 1. The Morgan fingerprint density at radius 2 is 1.75 bits per heavy atom. The third-order valence-corrected chi connectivity index (χ3v) is 5.47. The maximum Gasteiger partial charge on any atom is 0.125 e. The van der Waals surface area contributed by atoms with Gasteiger partial charge in [-0.15, -0.1) is 0 Å². The van der Waals surface area contributed by atoms with E-state index in [1.807, 2.05) is 6.07 Å². The van der Waals surface area contributed by atoms with Gasteiger partial charge in [0, 0.05) is 5.69 Å². The first-order valence-electron chi connectivity index (χ1n) is 7.80. The molecule has 2 nitrogen and oxygen atoms in total. The highest BCUT2D eigenvalue weighted by Crippen LogP contribution is 2.51. The summed E-state index contributed by atoms with van der Waals surface area (Å²) in [4.78, 5) is 0. The molecule has 2 aliphatic rings. The quantitative estimate of drug-likeness (QED) is 0.871. The Kier molecular flexibility index (Phi) is 3.72. The van der Waals surface area contributed by atoms with Gasteiger partial charge in [0.15, 0.2) is 0 Å². The zero-order valence-electron chi connectivity index (χ0n) is 12.0. The first-order valence-corrected chi connectivity index (χ1v) is 7.80. The van der Waals surface area contributed by atoms with Crippen LogP contribution < -0.4 is 5.32 Å². The van der Waals surface area contributed by atoms with E-state index in [1.54, 1.807) is 6.07 Å². The second kappa shape index (κ2) is 5.36. The lowest BCUT2D eigenvalue weighted by molar-refractivity contribution is 0.100. The third kappa shape index (κ3) is 2.69. The van der Waals surface area contributed by atoms with E-state index in [4.69, 9.17) is 0 Å². The summed E-state index contributed by atoms with van der Waals surface area (Å²) in [5.74, 6) is -0.230. The zero-order chi connectivity index (χ0) is 14.1. The number of anilines is 1. The SMILES string of the molecule is OCC1(Nc2cccc(F)c2)CCC2(CCCC2)CC1. The molecule has 1 aromatic carbocycles. The van der Waals surface area contributed by atoms with E-state index < -0.39 is 0 Å². The van der Waals surface area contributed by atoms with Gasteiger partial charge in [-0.2, -0.15) is 0 Å². The molecular formula is C17H24FNO. The summed E-state index contributed by atoms with van der Waals surface area (Å²) in [5, 5.41) is 13.2. The molecule has 0 atom stereocenters. The predicted octanol–water partition coefficient (Wildman–Crippen LogP) is 4.10. The number of aliphatic hydroxyl groups is 1.